The number of rotatable bonds is 14. The molecule has 0 unspecified atom stereocenters. The van der Waals surface area contributed by atoms with E-state index in [1.165, 1.54) is 60.8 Å². The van der Waals surface area contributed by atoms with Gasteiger partial charge in [-0.25, -0.2) is 0 Å². The van der Waals surface area contributed by atoms with Gasteiger partial charge in [-0.1, -0.05) is 92.4 Å². The van der Waals surface area contributed by atoms with E-state index in [0.717, 1.165) is 19.5 Å². The van der Waals surface area contributed by atoms with E-state index in [2.05, 4.69) is 79.2 Å². The third-order valence-corrected chi connectivity index (χ3v) is 4.99. The molecule has 0 bridgehead atoms. The summed E-state index contributed by atoms with van der Waals surface area (Å²) < 4.78 is 0. The van der Waals surface area contributed by atoms with Gasteiger partial charge >= 0.3 is 0 Å². The van der Waals surface area contributed by atoms with Crippen LogP contribution in [0.1, 0.15) is 60.8 Å². The molecule has 0 aliphatic carbocycles. The Bertz CT molecular complexity index is 643. The molecule has 0 saturated heterocycles. The Balaban J connectivity index is 1.42. The number of benzene rings is 2. The molecule has 1 N–H and O–H groups in total. The van der Waals surface area contributed by atoms with Crippen LogP contribution in [0.4, 0.5) is 0 Å². The zero-order valence-corrected chi connectivity index (χ0v) is 17.2. The normalized spacial score (nSPS) is 11.0. The van der Waals surface area contributed by atoms with Crippen molar-refractivity contribution in [2.45, 2.75) is 51.5 Å². The Labute approximate surface area is 171 Å². The van der Waals surface area contributed by atoms with Gasteiger partial charge in [0, 0.05) is 6.54 Å². The van der Waals surface area contributed by atoms with Gasteiger partial charge in [0.05, 0.1) is 0 Å². The van der Waals surface area contributed by atoms with E-state index in [1.54, 1.807) is 0 Å². The van der Waals surface area contributed by atoms with Crippen LogP contribution in [0.5, 0.6) is 0 Å². The maximum absolute atomic E-state index is 3.80. The highest BCUT2D eigenvalue weighted by Gasteiger charge is 1.94. The largest absolute Gasteiger partial charge is 0.313 e. The van der Waals surface area contributed by atoms with Crippen molar-refractivity contribution in [3.8, 4) is 0 Å². The first-order valence-corrected chi connectivity index (χ1v) is 10.6. The van der Waals surface area contributed by atoms with Crippen LogP contribution in [0.3, 0.4) is 0 Å². The molecule has 148 valence electrons. The van der Waals surface area contributed by atoms with Crippen molar-refractivity contribution >= 4 is 12.2 Å². The van der Waals surface area contributed by atoms with E-state index < -0.39 is 0 Å². The highest BCUT2D eigenvalue weighted by Crippen LogP contribution is 2.11. The Morgan fingerprint density at radius 3 is 1.82 bits per heavy atom. The second kappa shape index (κ2) is 13.7. The minimum absolute atomic E-state index is 0.942. The van der Waals surface area contributed by atoms with Crippen molar-refractivity contribution in [2.24, 2.45) is 0 Å². The summed E-state index contributed by atoms with van der Waals surface area (Å²) in [5, 5.41) is 3.52. The molecular formula is C27H35N. The van der Waals surface area contributed by atoms with Crippen molar-refractivity contribution in [3.63, 3.8) is 0 Å². The first-order valence-electron chi connectivity index (χ1n) is 10.6. The fraction of sp³-hybridized carbons (Fsp3) is 0.333. The zero-order chi connectivity index (χ0) is 19.9. The van der Waals surface area contributed by atoms with Crippen molar-refractivity contribution in [1.29, 1.82) is 0 Å². The lowest BCUT2D eigenvalue weighted by Gasteiger charge is -2.04. The third-order valence-electron chi connectivity index (χ3n) is 4.99. The van der Waals surface area contributed by atoms with Gasteiger partial charge in [0.2, 0.25) is 0 Å². The summed E-state index contributed by atoms with van der Waals surface area (Å²) in [6, 6.07) is 17.3. The SMILES string of the molecule is C=Cc1ccc(CCCCC/C=C/CCCNCc2ccc(C=C)cc2)cc1. The predicted octanol–water partition coefficient (Wildman–Crippen LogP) is 7.20. The fourth-order valence-corrected chi connectivity index (χ4v) is 3.17. The molecule has 0 radical (unpaired) electrons. The van der Waals surface area contributed by atoms with Crippen LogP contribution in [-0.4, -0.2) is 6.54 Å². The summed E-state index contributed by atoms with van der Waals surface area (Å²) in [6.45, 7) is 9.59. The lowest BCUT2D eigenvalue weighted by molar-refractivity contribution is 0.653. The Morgan fingerprint density at radius 2 is 1.21 bits per heavy atom. The maximum atomic E-state index is 3.80. The number of hydrogen-bond acceptors (Lipinski definition) is 1. The minimum atomic E-state index is 0.942. The molecule has 2 rings (SSSR count). The van der Waals surface area contributed by atoms with Crippen LogP contribution in [0.25, 0.3) is 12.2 Å². The molecule has 0 atom stereocenters. The number of unbranched alkanes of at least 4 members (excludes halogenated alkanes) is 4. The van der Waals surface area contributed by atoms with Gasteiger partial charge in [-0.3, -0.25) is 0 Å². The quantitative estimate of drug-likeness (QED) is 0.273. The molecule has 1 nitrogen and oxygen atoms in total. The third kappa shape index (κ3) is 9.01. The van der Waals surface area contributed by atoms with E-state index >= 15 is 0 Å². The molecule has 0 saturated carbocycles. The van der Waals surface area contributed by atoms with Crippen LogP contribution >= 0.6 is 0 Å². The molecular weight excluding hydrogens is 338 g/mol. The highest BCUT2D eigenvalue weighted by atomic mass is 14.8. The number of aryl methyl sites for hydroxylation is 1. The average Bonchev–Trinajstić information content (AvgIpc) is 2.75. The number of allylic oxidation sites excluding steroid dienone is 2. The van der Waals surface area contributed by atoms with Crippen molar-refractivity contribution in [1.82, 2.24) is 5.32 Å². The van der Waals surface area contributed by atoms with E-state index in [1.807, 2.05) is 12.2 Å². The Morgan fingerprint density at radius 1 is 0.643 bits per heavy atom. The molecule has 0 aromatic heterocycles. The summed E-state index contributed by atoms with van der Waals surface area (Å²) in [5.41, 5.74) is 5.14. The lowest BCUT2D eigenvalue weighted by atomic mass is 10.0. The topological polar surface area (TPSA) is 12.0 Å². The standard InChI is InChI=1S/C27H35N/c1-3-24-14-18-26(19-15-24)13-11-9-7-5-6-8-10-12-22-28-23-27-20-16-25(4-2)17-21-27/h3-4,6,8,14-21,28H,1-2,5,7,9-13,22-23H2/b8-6+. The second-order valence-corrected chi connectivity index (χ2v) is 7.28. The summed E-state index contributed by atoms with van der Waals surface area (Å²) in [7, 11) is 0. The number of nitrogens with one attached hydrogen (secondary N) is 1. The monoisotopic (exact) mass is 373 g/mol. The van der Waals surface area contributed by atoms with Crippen LogP contribution in [0.2, 0.25) is 0 Å². The summed E-state index contributed by atoms with van der Waals surface area (Å²) in [4.78, 5) is 0. The Hall–Kier alpha value is -2.38. The van der Waals surface area contributed by atoms with Crippen LogP contribution in [0, 0.1) is 0 Å². The lowest BCUT2D eigenvalue weighted by Crippen LogP contribution is -2.14. The van der Waals surface area contributed by atoms with E-state index in [-0.39, 0.29) is 0 Å². The minimum Gasteiger partial charge on any atom is -0.313 e. The molecule has 0 spiro atoms. The van der Waals surface area contributed by atoms with E-state index in [4.69, 9.17) is 0 Å². The van der Waals surface area contributed by atoms with Gasteiger partial charge < -0.3 is 5.32 Å². The first kappa shape index (κ1) is 21.9. The van der Waals surface area contributed by atoms with Gasteiger partial charge in [-0.2, -0.15) is 0 Å². The van der Waals surface area contributed by atoms with Gasteiger partial charge in [0.15, 0.2) is 0 Å². The van der Waals surface area contributed by atoms with E-state index in [0.29, 0.717) is 0 Å². The van der Waals surface area contributed by atoms with Crippen molar-refractivity contribution < 1.29 is 0 Å². The second-order valence-electron chi connectivity index (χ2n) is 7.28. The average molecular weight is 374 g/mol. The maximum Gasteiger partial charge on any atom is 0.0205 e. The van der Waals surface area contributed by atoms with Crippen LogP contribution in [-0.2, 0) is 13.0 Å². The summed E-state index contributed by atoms with van der Waals surface area (Å²) >= 11 is 0. The van der Waals surface area contributed by atoms with Gasteiger partial charge in [0.1, 0.15) is 0 Å². The molecule has 1 heteroatoms. The molecule has 0 aliphatic heterocycles. The van der Waals surface area contributed by atoms with E-state index in [9.17, 15) is 0 Å². The van der Waals surface area contributed by atoms with Crippen molar-refractivity contribution in [3.05, 3.63) is 96.1 Å². The molecule has 28 heavy (non-hydrogen) atoms. The van der Waals surface area contributed by atoms with Crippen LogP contribution < -0.4 is 5.32 Å². The molecule has 2 aromatic rings. The van der Waals surface area contributed by atoms with Gasteiger partial charge in [-0.15, -0.1) is 0 Å². The van der Waals surface area contributed by atoms with Gasteiger partial charge in [0.25, 0.3) is 0 Å². The molecule has 0 aliphatic rings. The zero-order valence-electron chi connectivity index (χ0n) is 17.2. The molecule has 0 fully saturated rings. The summed E-state index contributed by atoms with van der Waals surface area (Å²) in [5.74, 6) is 0. The fourth-order valence-electron chi connectivity index (χ4n) is 3.17. The Kier molecular flexibility index (Phi) is 10.8. The van der Waals surface area contributed by atoms with Crippen molar-refractivity contribution in [2.75, 3.05) is 6.54 Å². The summed E-state index contributed by atoms with van der Waals surface area (Å²) in [6.07, 6.45) is 17.1. The molecule has 2 aromatic carbocycles. The molecule has 0 amide bonds. The van der Waals surface area contributed by atoms with Crippen LogP contribution in [0.15, 0.2) is 73.8 Å². The predicted molar refractivity (Wildman–Crippen MR) is 125 cm³/mol. The molecule has 0 heterocycles. The first-order chi connectivity index (χ1) is 13.8. The van der Waals surface area contributed by atoms with Gasteiger partial charge in [-0.05, 0) is 67.3 Å². The smallest absolute Gasteiger partial charge is 0.0205 e. The highest BCUT2D eigenvalue weighted by molar-refractivity contribution is 5.47. The number of hydrogen-bond donors (Lipinski definition) is 1.